The van der Waals surface area contributed by atoms with Gasteiger partial charge in [-0.1, -0.05) is 0 Å². The van der Waals surface area contributed by atoms with Crippen LogP contribution >= 0.6 is 0 Å². The van der Waals surface area contributed by atoms with Gasteiger partial charge in [-0.15, -0.1) is 0 Å². The molecule has 27 heavy (non-hydrogen) atoms. The minimum absolute atomic E-state index is 0.0444. The normalized spacial score (nSPS) is 35.4. The first-order valence-electron chi connectivity index (χ1n) is 10.6. The molecule has 5 aliphatic rings. The molecule has 5 fully saturated rings. The summed E-state index contributed by atoms with van der Waals surface area (Å²) in [4.78, 5) is 28.2. The van der Waals surface area contributed by atoms with Crippen molar-refractivity contribution in [3.8, 4) is 0 Å². The number of rotatable bonds is 4. The standard InChI is InChI=1S/C21H29N3O3/c25-19(22-21-11-15-8-16(12-21)10-17(9-15)13-21)14-23-3-5-24(6-4-23)20(26)18-2-1-7-27-18/h1-2,7,15-17H,3-6,8-14H2,(H,22,25)/p+1. The fourth-order valence-electron chi connectivity index (χ4n) is 6.59. The summed E-state index contributed by atoms with van der Waals surface area (Å²) >= 11 is 0. The number of carbonyl (C=O) groups excluding carboxylic acids is 2. The minimum Gasteiger partial charge on any atom is -0.459 e. The van der Waals surface area contributed by atoms with Crippen molar-refractivity contribution in [1.29, 1.82) is 0 Å². The van der Waals surface area contributed by atoms with E-state index in [1.807, 2.05) is 4.90 Å². The van der Waals surface area contributed by atoms with Gasteiger partial charge in [0.05, 0.1) is 32.4 Å². The maximum Gasteiger partial charge on any atom is 0.289 e. The van der Waals surface area contributed by atoms with Gasteiger partial charge in [-0.05, 0) is 68.4 Å². The highest BCUT2D eigenvalue weighted by Gasteiger charge is 2.51. The number of piperazine rings is 1. The lowest BCUT2D eigenvalue weighted by atomic mass is 9.53. The molecule has 1 aromatic rings. The molecule has 1 aromatic heterocycles. The summed E-state index contributed by atoms with van der Waals surface area (Å²) in [5, 5.41) is 3.47. The molecule has 2 N–H and O–H groups in total. The lowest BCUT2D eigenvalue weighted by Crippen LogP contribution is -3.16. The van der Waals surface area contributed by atoms with Gasteiger partial charge in [0.25, 0.3) is 11.8 Å². The van der Waals surface area contributed by atoms with E-state index in [1.54, 1.807) is 12.1 Å². The van der Waals surface area contributed by atoms with Gasteiger partial charge in [0, 0.05) is 5.54 Å². The number of hydrogen-bond donors (Lipinski definition) is 2. The van der Waals surface area contributed by atoms with Gasteiger partial charge in [-0.2, -0.15) is 0 Å². The molecule has 6 rings (SSSR count). The number of amides is 2. The lowest BCUT2D eigenvalue weighted by molar-refractivity contribution is -0.896. The maximum atomic E-state index is 12.8. The molecule has 0 spiro atoms. The van der Waals surface area contributed by atoms with Crippen LogP contribution in [0, 0.1) is 17.8 Å². The molecular formula is C21H30N3O3+. The van der Waals surface area contributed by atoms with Crippen molar-refractivity contribution < 1.29 is 18.9 Å². The first-order chi connectivity index (χ1) is 13.1. The number of nitrogens with zero attached hydrogens (tertiary/aromatic N) is 1. The van der Waals surface area contributed by atoms with Crippen molar-refractivity contribution in [3.63, 3.8) is 0 Å². The molecule has 146 valence electrons. The van der Waals surface area contributed by atoms with Crippen LogP contribution in [0.2, 0.25) is 0 Å². The Morgan fingerprint density at radius 2 is 1.74 bits per heavy atom. The monoisotopic (exact) mass is 372 g/mol. The van der Waals surface area contributed by atoms with Crippen molar-refractivity contribution in [3.05, 3.63) is 24.2 Å². The Balaban J connectivity index is 1.12. The largest absolute Gasteiger partial charge is 0.459 e. The Morgan fingerprint density at radius 3 is 2.30 bits per heavy atom. The molecule has 1 saturated heterocycles. The second-order valence-corrected chi connectivity index (χ2v) is 9.44. The molecule has 4 aliphatic carbocycles. The molecule has 1 aliphatic heterocycles. The summed E-state index contributed by atoms with van der Waals surface area (Å²) in [6.45, 7) is 3.53. The molecule has 0 atom stereocenters. The smallest absolute Gasteiger partial charge is 0.289 e. The average molecular weight is 372 g/mol. The fourth-order valence-corrected chi connectivity index (χ4v) is 6.59. The van der Waals surface area contributed by atoms with E-state index in [9.17, 15) is 9.59 Å². The van der Waals surface area contributed by atoms with E-state index in [4.69, 9.17) is 4.42 Å². The Labute approximate surface area is 160 Å². The first kappa shape index (κ1) is 17.3. The number of furan rings is 1. The van der Waals surface area contributed by atoms with Crippen LogP contribution in [-0.4, -0.2) is 55.0 Å². The van der Waals surface area contributed by atoms with Gasteiger partial charge in [-0.3, -0.25) is 9.59 Å². The van der Waals surface area contributed by atoms with Crippen molar-refractivity contribution >= 4 is 11.8 Å². The Morgan fingerprint density at radius 1 is 1.11 bits per heavy atom. The number of quaternary nitrogens is 1. The highest BCUT2D eigenvalue weighted by atomic mass is 16.3. The third-order valence-electron chi connectivity index (χ3n) is 7.34. The molecule has 4 saturated carbocycles. The van der Waals surface area contributed by atoms with Crippen LogP contribution in [0.1, 0.15) is 49.1 Å². The van der Waals surface area contributed by atoms with E-state index in [0.29, 0.717) is 25.4 Å². The van der Waals surface area contributed by atoms with E-state index >= 15 is 0 Å². The molecule has 0 radical (unpaired) electrons. The second-order valence-electron chi connectivity index (χ2n) is 9.44. The SMILES string of the molecule is O=C(C[NH+]1CCN(C(=O)c2ccco2)CC1)NC12CC3CC(CC(C3)C1)C2. The fraction of sp³-hybridized carbons (Fsp3) is 0.714. The Bertz CT molecular complexity index is 671. The van der Waals surface area contributed by atoms with Gasteiger partial charge in [0.15, 0.2) is 12.3 Å². The minimum atomic E-state index is -0.0444. The summed E-state index contributed by atoms with van der Waals surface area (Å²) in [7, 11) is 0. The van der Waals surface area contributed by atoms with Crippen molar-refractivity contribution in [1.82, 2.24) is 10.2 Å². The summed E-state index contributed by atoms with van der Waals surface area (Å²) in [6, 6.07) is 3.45. The predicted molar refractivity (Wildman–Crippen MR) is 99.2 cm³/mol. The first-order valence-corrected chi connectivity index (χ1v) is 10.6. The van der Waals surface area contributed by atoms with Gasteiger partial charge < -0.3 is 19.5 Å². The summed E-state index contributed by atoms with van der Waals surface area (Å²) in [5.41, 5.74) is 0.0996. The van der Waals surface area contributed by atoms with Crippen LogP contribution in [0.15, 0.2) is 22.8 Å². The maximum absolute atomic E-state index is 12.8. The predicted octanol–water partition coefficient (Wildman–Crippen LogP) is 0.705. The molecule has 2 heterocycles. The zero-order valence-electron chi connectivity index (χ0n) is 15.9. The molecule has 0 aromatic carbocycles. The Hall–Kier alpha value is -1.82. The van der Waals surface area contributed by atoms with Crippen LogP contribution in [0.25, 0.3) is 0 Å². The molecule has 4 bridgehead atoms. The van der Waals surface area contributed by atoms with E-state index in [2.05, 4.69) is 5.32 Å². The van der Waals surface area contributed by atoms with Crippen LogP contribution in [-0.2, 0) is 4.79 Å². The topological polar surface area (TPSA) is 67.0 Å². The molecule has 6 nitrogen and oxygen atoms in total. The number of hydrogen-bond acceptors (Lipinski definition) is 3. The summed E-state index contributed by atoms with van der Waals surface area (Å²) in [5.74, 6) is 3.10. The third-order valence-corrected chi connectivity index (χ3v) is 7.34. The summed E-state index contributed by atoms with van der Waals surface area (Å²) < 4.78 is 5.21. The highest BCUT2D eigenvalue weighted by Crippen LogP contribution is 2.55. The van der Waals surface area contributed by atoms with Crippen molar-refractivity contribution in [2.24, 2.45) is 17.8 Å². The number of nitrogens with one attached hydrogen (secondary N) is 2. The van der Waals surface area contributed by atoms with Gasteiger partial charge in [0.1, 0.15) is 0 Å². The van der Waals surface area contributed by atoms with E-state index < -0.39 is 0 Å². The van der Waals surface area contributed by atoms with Crippen molar-refractivity contribution in [2.75, 3.05) is 32.7 Å². The lowest BCUT2D eigenvalue weighted by Gasteiger charge is -2.56. The van der Waals surface area contributed by atoms with Crippen LogP contribution in [0.3, 0.4) is 0 Å². The third kappa shape index (κ3) is 3.40. The van der Waals surface area contributed by atoms with E-state index in [1.165, 1.54) is 49.7 Å². The van der Waals surface area contributed by atoms with Gasteiger partial charge >= 0.3 is 0 Å². The van der Waals surface area contributed by atoms with Gasteiger partial charge in [-0.25, -0.2) is 0 Å². The zero-order chi connectivity index (χ0) is 18.4. The molecular weight excluding hydrogens is 342 g/mol. The number of carbonyl (C=O) groups is 2. The molecule has 0 unspecified atom stereocenters. The molecule has 6 heteroatoms. The van der Waals surface area contributed by atoms with E-state index in [-0.39, 0.29) is 17.4 Å². The zero-order valence-corrected chi connectivity index (χ0v) is 15.9. The van der Waals surface area contributed by atoms with Gasteiger partial charge in [0.2, 0.25) is 0 Å². The van der Waals surface area contributed by atoms with Crippen LogP contribution in [0.5, 0.6) is 0 Å². The molecule has 2 amide bonds. The quantitative estimate of drug-likeness (QED) is 0.818. The highest BCUT2D eigenvalue weighted by molar-refractivity contribution is 5.91. The summed E-state index contributed by atoms with van der Waals surface area (Å²) in [6.07, 6.45) is 9.32. The average Bonchev–Trinajstić information content (AvgIpc) is 3.14. The Kier molecular flexibility index (Phi) is 4.26. The second kappa shape index (κ2) is 6.66. The van der Waals surface area contributed by atoms with E-state index in [0.717, 1.165) is 30.8 Å². The van der Waals surface area contributed by atoms with Crippen LogP contribution in [0.4, 0.5) is 0 Å². The van der Waals surface area contributed by atoms with Crippen molar-refractivity contribution in [2.45, 2.75) is 44.1 Å². The van der Waals surface area contributed by atoms with Crippen LogP contribution < -0.4 is 10.2 Å².